The van der Waals surface area contributed by atoms with Crippen molar-refractivity contribution >= 4 is 8.80 Å². The first-order chi connectivity index (χ1) is 7.74. The van der Waals surface area contributed by atoms with Crippen LogP contribution >= 0.6 is 0 Å². The summed E-state index contributed by atoms with van der Waals surface area (Å²) in [6.07, 6.45) is 7.75. The molecule has 96 valence electrons. The van der Waals surface area contributed by atoms with Crippen molar-refractivity contribution in [2.45, 2.75) is 46.0 Å². The van der Waals surface area contributed by atoms with Crippen molar-refractivity contribution < 1.29 is 13.3 Å². The van der Waals surface area contributed by atoms with Crippen LogP contribution in [-0.4, -0.2) is 29.6 Å². The molecular weight excluding hydrogens is 220 g/mol. The van der Waals surface area contributed by atoms with Crippen LogP contribution in [-0.2, 0) is 13.3 Å². The summed E-state index contributed by atoms with van der Waals surface area (Å²) in [6.45, 7) is 5.04. The molecule has 0 aromatic heterocycles. The molecule has 0 aromatic rings. The maximum absolute atomic E-state index is 5.76. The van der Waals surface area contributed by atoms with Crippen molar-refractivity contribution in [2.24, 2.45) is 0 Å². The molecule has 0 fully saturated rings. The molecule has 3 nitrogen and oxygen atoms in total. The zero-order valence-corrected chi connectivity index (χ0v) is 12.1. The molecule has 0 aliphatic heterocycles. The van der Waals surface area contributed by atoms with Gasteiger partial charge in [0.25, 0.3) is 0 Å². The quantitative estimate of drug-likeness (QED) is 0.437. The van der Waals surface area contributed by atoms with E-state index < -0.39 is 8.80 Å². The Kier molecular flexibility index (Phi) is 9.92. The largest absolute Gasteiger partial charge is 0.528 e. The Hall–Kier alpha value is -0.163. The first kappa shape index (κ1) is 15.8. The maximum Gasteiger partial charge on any atom is 0.528 e. The molecule has 0 spiro atoms. The van der Waals surface area contributed by atoms with Gasteiger partial charge in [-0.1, -0.05) is 39.2 Å². The van der Waals surface area contributed by atoms with Gasteiger partial charge in [-0.25, -0.2) is 0 Å². The molecule has 0 N–H and O–H groups in total. The smallest absolute Gasteiger partial charge is 0.374 e. The Labute approximate surface area is 101 Å². The highest BCUT2D eigenvalue weighted by molar-refractivity contribution is 6.66. The van der Waals surface area contributed by atoms with Gasteiger partial charge in [0.15, 0.2) is 0 Å². The van der Waals surface area contributed by atoms with Crippen LogP contribution in [0.1, 0.15) is 46.0 Å². The molecule has 0 unspecified atom stereocenters. The Morgan fingerprint density at radius 2 is 1.62 bits per heavy atom. The van der Waals surface area contributed by atoms with E-state index >= 15 is 0 Å². The Bertz CT molecular complexity index is 179. The van der Waals surface area contributed by atoms with E-state index in [0.717, 1.165) is 19.3 Å². The monoisotopic (exact) mass is 246 g/mol. The molecule has 0 saturated carbocycles. The molecule has 0 radical (unpaired) electrons. The second-order valence-corrected chi connectivity index (χ2v) is 6.40. The molecule has 0 amide bonds. The standard InChI is InChI=1S/C12H26O3Si/c1-5-7-9-10-12-16(13-3,14-4)15-11-8-6-2/h10,12H,5-9,11H2,1-4H3. The van der Waals surface area contributed by atoms with Crippen LogP contribution in [0, 0.1) is 0 Å². The molecule has 0 bridgehead atoms. The molecule has 0 rings (SSSR count). The SMILES string of the molecule is CCCCC=C[Si](OC)(OC)OCCCC. The maximum atomic E-state index is 5.76. The van der Waals surface area contributed by atoms with Gasteiger partial charge in [-0.15, -0.1) is 0 Å². The molecule has 0 heterocycles. The van der Waals surface area contributed by atoms with Crippen molar-refractivity contribution in [1.82, 2.24) is 0 Å². The van der Waals surface area contributed by atoms with Crippen molar-refractivity contribution in [3.05, 3.63) is 11.8 Å². The Morgan fingerprint density at radius 3 is 2.12 bits per heavy atom. The number of unbranched alkanes of at least 4 members (excludes halogenated alkanes) is 3. The van der Waals surface area contributed by atoms with E-state index in [4.69, 9.17) is 13.3 Å². The minimum atomic E-state index is -2.51. The van der Waals surface area contributed by atoms with Gasteiger partial charge in [0.05, 0.1) is 0 Å². The summed E-state index contributed by atoms with van der Waals surface area (Å²) in [7, 11) is 0.806. The predicted molar refractivity (Wildman–Crippen MR) is 69.3 cm³/mol. The molecule has 0 aliphatic carbocycles. The lowest BCUT2D eigenvalue weighted by molar-refractivity contribution is 0.110. The number of hydrogen-bond donors (Lipinski definition) is 0. The molecule has 4 heteroatoms. The first-order valence-corrected chi connectivity index (χ1v) is 7.96. The van der Waals surface area contributed by atoms with Crippen LogP contribution in [0.2, 0.25) is 0 Å². The molecule has 0 aromatic carbocycles. The summed E-state index contributed by atoms with van der Waals surface area (Å²) in [4.78, 5) is 0. The van der Waals surface area contributed by atoms with Gasteiger partial charge in [0.2, 0.25) is 0 Å². The summed E-state index contributed by atoms with van der Waals surface area (Å²) in [5.41, 5.74) is 2.00. The Morgan fingerprint density at radius 1 is 1.00 bits per heavy atom. The second-order valence-electron chi connectivity index (χ2n) is 3.76. The van der Waals surface area contributed by atoms with Crippen molar-refractivity contribution in [2.75, 3.05) is 20.8 Å². The van der Waals surface area contributed by atoms with E-state index in [1.165, 1.54) is 12.8 Å². The number of hydrogen-bond acceptors (Lipinski definition) is 3. The second kappa shape index (κ2) is 10.0. The van der Waals surface area contributed by atoms with Crippen LogP contribution in [0.4, 0.5) is 0 Å². The van der Waals surface area contributed by atoms with E-state index in [-0.39, 0.29) is 0 Å². The minimum Gasteiger partial charge on any atom is -0.374 e. The van der Waals surface area contributed by atoms with E-state index in [0.29, 0.717) is 6.61 Å². The molecule has 0 saturated heterocycles. The van der Waals surface area contributed by atoms with Crippen LogP contribution in [0.25, 0.3) is 0 Å². The third-order valence-corrected chi connectivity index (χ3v) is 4.81. The van der Waals surface area contributed by atoms with E-state index in [1.54, 1.807) is 14.2 Å². The lowest BCUT2D eigenvalue weighted by Gasteiger charge is -2.22. The van der Waals surface area contributed by atoms with Crippen LogP contribution in [0.15, 0.2) is 11.8 Å². The van der Waals surface area contributed by atoms with Gasteiger partial charge >= 0.3 is 8.80 Å². The van der Waals surface area contributed by atoms with Gasteiger partial charge in [0, 0.05) is 20.8 Å². The van der Waals surface area contributed by atoms with Crippen molar-refractivity contribution in [3.63, 3.8) is 0 Å². The third-order valence-electron chi connectivity index (χ3n) is 2.42. The lowest BCUT2D eigenvalue weighted by Crippen LogP contribution is -2.42. The fourth-order valence-corrected chi connectivity index (χ4v) is 2.95. The van der Waals surface area contributed by atoms with Gasteiger partial charge < -0.3 is 13.3 Å². The van der Waals surface area contributed by atoms with Crippen LogP contribution < -0.4 is 0 Å². The van der Waals surface area contributed by atoms with E-state index in [9.17, 15) is 0 Å². The highest BCUT2D eigenvalue weighted by atomic mass is 28.4. The summed E-state index contributed by atoms with van der Waals surface area (Å²) in [5, 5.41) is 0. The zero-order chi connectivity index (χ0) is 12.3. The summed E-state index contributed by atoms with van der Waals surface area (Å²) in [6, 6.07) is 0. The van der Waals surface area contributed by atoms with Gasteiger partial charge in [-0.05, 0) is 18.5 Å². The molecular formula is C12H26O3Si. The summed E-state index contributed by atoms with van der Waals surface area (Å²) >= 11 is 0. The number of rotatable bonds is 10. The van der Waals surface area contributed by atoms with E-state index in [1.807, 2.05) is 5.70 Å². The molecule has 16 heavy (non-hydrogen) atoms. The first-order valence-electron chi connectivity index (χ1n) is 6.16. The molecule has 0 atom stereocenters. The average molecular weight is 246 g/mol. The van der Waals surface area contributed by atoms with Gasteiger partial charge in [0.1, 0.15) is 0 Å². The Balaban J connectivity index is 4.14. The van der Waals surface area contributed by atoms with Gasteiger partial charge in [-0.2, -0.15) is 0 Å². The fourth-order valence-electron chi connectivity index (χ4n) is 1.29. The number of allylic oxidation sites excluding steroid dienone is 1. The minimum absolute atomic E-state index is 0.711. The topological polar surface area (TPSA) is 27.7 Å². The summed E-state index contributed by atoms with van der Waals surface area (Å²) < 4.78 is 16.6. The van der Waals surface area contributed by atoms with E-state index in [2.05, 4.69) is 19.9 Å². The average Bonchev–Trinajstić information content (AvgIpc) is 2.33. The zero-order valence-electron chi connectivity index (χ0n) is 11.1. The van der Waals surface area contributed by atoms with Gasteiger partial charge in [-0.3, -0.25) is 0 Å². The van der Waals surface area contributed by atoms with Crippen molar-refractivity contribution in [1.29, 1.82) is 0 Å². The van der Waals surface area contributed by atoms with Crippen molar-refractivity contribution in [3.8, 4) is 0 Å². The normalized spacial score (nSPS) is 12.5. The lowest BCUT2D eigenvalue weighted by atomic mass is 10.2. The van der Waals surface area contributed by atoms with Crippen LogP contribution in [0.5, 0.6) is 0 Å². The summed E-state index contributed by atoms with van der Waals surface area (Å²) in [5.74, 6) is 0. The fraction of sp³-hybridized carbons (Fsp3) is 0.833. The highest BCUT2D eigenvalue weighted by Gasteiger charge is 2.35. The third kappa shape index (κ3) is 6.43. The van der Waals surface area contributed by atoms with Crippen LogP contribution in [0.3, 0.4) is 0 Å². The molecule has 0 aliphatic rings. The predicted octanol–water partition coefficient (Wildman–Crippen LogP) is 3.32. The highest BCUT2D eigenvalue weighted by Crippen LogP contribution is 2.11.